The van der Waals surface area contributed by atoms with Gasteiger partial charge in [-0.1, -0.05) is 6.07 Å². The molecule has 0 unspecified atom stereocenters. The van der Waals surface area contributed by atoms with Gasteiger partial charge in [0.15, 0.2) is 0 Å². The number of aromatic hydroxyl groups is 1. The second kappa shape index (κ2) is 4.07. The number of rotatable bonds is 1. The molecule has 88 valence electrons. The van der Waals surface area contributed by atoms with Gasteiger partial charge in [-0.25, -0.2) is 4.39 Å². The van der Waals surface area contributed by atoms with E-state index in [2.05, 4.69) is 9.97 Å². The van der Waals surface area contributed by atoms with Crippen molar-refractivity contribution < 1.29 is 9.50 Å². The molecule has 0 fully saturated rings. The quantitative estimate of drug-likeness (QED) is 0.710. The molecule has 0 aliphatic heterocycles. The molecule has 0 amide bonds. The fraction of sp³-hybridized carbons (Fsp3) is 0. The van der Waals surface area contributed by atoms with Crippen LogP contribution in [0.25, 0.3) is 22.2 Å². The van der Waals surface area contributed by atoms with E-state index in [1.807, 2.05) is 0 Å². The molecule has 3 aromatic rings. The molecule has 0 saturated heterocycles. The molecular formula is C14H9FN2O. The Morgan fingerprint density at radius 3 is 2.72 bits per heavy atom. The van der Waals surface area contributed by atoms with Gasteiger partial charge in [0.25, 0.3) is 0 Å². The lowest BCUT2D eigenvalue weighted by Gasteiger charge is -2.05. The molecule has 2 heterocycles. The van der Waals surface area contributed by atoms with Crippen molar-refractivity contribution in [1.82, 2.24) is 9.97 Å². The summed E-state index contributed by atoms with van der Waals surface area (Å²) in [6, 6.07) is 9.55. The average molecular weight is 240 g/mol. The van der Waals surface area contributed by atoms with Gasteiger partial charge in [-0.2, -0.15) is 0 Å². The molecule has 0 bridgehead atoms. The van der Waals surface area contributed by atoms with Crippen LogP contribution in [0.15, 0.2) is 48.8 Å². The first-order valence-corrected chi connectivity index (χ1v) is 5.44. The van der Waals surface area contributed by atoms with Crippen LogP contribution in [-0.2, 0) is 0 Å². The minimum absolute atomic E-state index is 0.0763. The Balaban J connectivity index is 2.31. The average Bonchev–Trinajstić information content (AvgIpc) is 2.38. The maximum Gasteiger partial charge on any atom is 0.133 e. The Hall–Kier alpha value is -2.49. The van der Waals surface area contributed by atoms with E-state index < -0.39 is 0 Å². The van der Waals surface area contributed by atoms with Crippen molar-refractivity contribution in [3.63, 3.8) is 0 Å². The zero-order valence-electron chi connectivity index (χ0n) is 9.34. The maximum atomic E-state index is 13.6. The van der Waals surface area contributed by atoms with E-state index in [-0.39, 0.29) is 11.6 Å². The highest BCUT2D eigenvalue weighted by molar-refractivity contribution is 5.92. The number of fused-ring (bicyclic) bond motifs is 1. The molecule has 0 aliphatic carbocycles. The van der Waals surface area contributed by atoms with E-state index in [0.717, 1.165) is 5.39 Å². The lowest BCUT2D eigenvalue weighted by atomic mass is 10.1. The van der Waals surface area contributed by atoms with E-state index >= 15 is 0 Å². The fourth-order valence-electron chi connectivity index (χ4n) is 1.90. The summed E-state index contributed by atoms with van der Waals surface area (Å²) in [6.07, 6.45) is 2.99. The van der Waals surface area contributed by atoms with Crippen LogP contribution < -0.4 is 0 Å². The Bertz CT molecular complexity index is 711. The standard InChI is InChI=1S/C14H9FN2O/c15-10-6-9-2-1-5-16-14(9)12(7-10)13-4-3-11(18)8-17-13/h1-8,18H. The molecule has 3 rings (SSSR count). The number of halogens is 1. The molecule has 0 spiro atoms. The van der Waals surface area contributed by atoms with Gasteiger partial charge < -0.3 is 5.11 Å². The number of hydrogen-bond acceptors (Lipinski definition) is 3. The lowest BCUT2D eigenvalue weighted by molar-refractivity contribution is 0.473. The Labute approximate surface area is 103 Å². The van der Waals surface area contributed by atoms with Crippen LogP contribution in [-0.4, -0.2) is 15.1 Å². The SMILES string of the molecule is Oc1ccc(-c2cc(F)cc3cccnc23)nc1. The van der Waals surface area contributed by atoms with Gasteiger partial charge in [0.2, 0.25) is 0 Å². The first-order valence-electron chi connectivity index (χ1n) is 5.44. The summed E-state index contributed by atoms with van der Waals surface area (Å²) < 4.78 is 13.6. The van der Waals surface area contributed by atoms with Crippen molar-refractivity contribution in [3.05, 3.63) is 54.6 Å². The Morgan fingerprint density at radius 2 is 1.94 bits per heavy atom. The summed E-state index contributed by atoms with van der Waals surface area (Å²) >= 11 is 0. The Kier molecular flexibility index (Phi) is 2.41. The predicted octanol–water partition coefficient (Wildman–Crippen LogP) is 3.14. The summed E-state index contributed by atoms with van der Waals surface area (Å²) in [5.74, 6) is -0.257. The van der Waals surface area contributed by atoms with Crippen LogP contribution in [0.2, 0.25) is 0 Å². The van der Waals surface area contributed by atoms with Gasteiger partial charge in [-0.3, -0.25) is 9.97 Å². The van der Waals surface area contributed by atoms with Gasteiger partial charge >= 0.3 is 0 Å². The third-order valence-corrected chi connectivity index (χ3v) is 2.69. The van der Waals surface area contributed by atoms with Crippen LogP contribution in [0.1, 0.15) is 0 Å². The smallest absolute Gasteiger partial charge is 0.133 e. The molecule has 0 aliphatic rings. The first kappa shape index (κ1) is 10.7. The highest BCUT2D eigenvalue weighted by Gasteiger charge is 2.08. The van der Waals surface area contributed by atoms with E-state index in [0.29, 0.717) is 16.8 Å². The second-order valence-corrected chi connectivity index (χ2v) is 3.93. The van der Waals surface area contributed by atoms with E-state index in [1.165, 1.54) is 24.4 Å². The molecule has 1 aromatic carbocycles. The van der Waals surface area contributed by atoms with Crippen LogP contribution in [0, 0.1) is 5.82 Å². The van der Waals surface area contributed by atoms with Crippen molar-refractivity contribution in [1.29, 1.82) is 0 Å². The minimum atomic E-state index is -0.333. The lowest BCUT2D eigenvalue weighted by Crippen LogP contribution is -1.89. The van der Waals surface area contributed by atoms with Gasteiger partial charge in [0.1, 0.15) is 11.6 Å². The normalized spacial score (nSPS) is 10.7. The monoisotopic (exact) mass is 240 g/mol. The molecule has 18 heavy (non-hydrogen) atoms. The first-order chi connectivity index (χ1) is 8.74. The minimum Gasteiger partial charge on any atom is -0.506 e. The van der Waals surface area contributed by atoms with Crippen molar-refractivity contribution in [3.8, 4) is 17.0 Å². The van der Waals surface area contributed by atoms with Gasteiger partial charge in [0.05, 0.1) is 17.4 Å². The molecule has 4 heteroatoms. The van der Waals surface area contributed by atoms with Crippen molar-refractivity contribution in [2.75, 3.05) is 0 Å². The summed E-state index contributed by atoms with van der Waals surface area (Å²) in [6.45, 7) is 0. The number of aromatic nitrogens is 2. The molecule has 0 radical (unpaired) electrons. The summed E-state index contributed by atoms with van der Waals surface area (Å²) in [7, 11) is 0. The summed E-state index contributed by atoms with van der Waals surface area (Å²) in [5, 5.41) is 9.94. The highest BCUT2D eigenvalue weighted by Crippen LogP contribution is 2.27. The number of pyridine rings is 2. The largest absolute Gasteiger partial charge is 0.506 e. The van der Waals surface area contributed by atoms with Crippen molar-refractivity contribution in [2.45, 2.75) is 0 Å². The molecule has 0 saturated carbocycles. The number of nitrogens with zero attached hydrogens (tertiary/aromatic N) is 2. The van der Waals surface area contributed by atoms with Crippen molar-refractivity contribution >= 4 is 10.9 Å². The van der Waals surface area contributed by atoms with Crippen LogP contribution >= 0.6 is 0 Å². The number of benzene rings is 1. The molecular weight excluding hydrogens is 231 g/mol. The second-order valence-electron chi connectivity index (χ2n) is 3.93. The van der Waals surface area contributed by atoms with Crippen LogP contribution in [0.3, 0.4) is 0 Å². The number of hydrogen-bond donors (Lipinski definition) is 1. The highest BCUT2D eigenvalue weighted by atomic mass is 19.1. The zero-order chi connectivity index (χ0) is 12.5. The van der Waals surface area contributed by atoms with Crippen molar-refractivity contribution in [2.24, 2.45) is 0 Å². The maximum absolute atomic E-state index is 13.6. The Morgan fingerprint density at radius 1 is 1.06 bits per heavy atom. The third kappa shape index (κ3) is 1.78. The van der Waals surface area contributed by atoms with E-state index in [9.17, 15) is 9.50 Å². The molecule has 3 nitrogen and oxygen atoms in total. The fourth-order valence-corrected chi connectivity index (χ4v) is 1.90. The summed E-state index contributed by atoms with van der Waals surface area (Å²) in [4.78, 5) is 8.34. The van der Waals surface area contributed by atoms with Crippen LogP contribution in [0.5, 0.6) is 5.75 Å². The van der Waals surface area contributed by atoms with Gasteiger partial charge in [-0.15, -0.1) is 0 Å². The van der Waals surface area contributed by atoms with E-state index in [1.54, 1.807) is 24.4 Å². The van der Waals surface area contributed by atoms with Crippen LogP contribution in [0.4, 0.5) is 4.39 Å². The molecule has 2 aromatic heterocycles. The van der Waals surface area contributed by atoms with Gasteiger partial charge in [-0.05, 0) is 30.3 Å². The topological polar surface area (TPSA) is 46.0 Å². The summed E-state index contributed by atoms with van der Waals surface area (Å²) in [5.41, 5.74) is 1.89. The van der Waals surface area contributed by atoms with E-state index in [4.69, 9.17) is 0 Å². The third-order valence-electron chi connectivity index (χ3n) is 2.69. The molecule has 1 N–H and O–H groups in total. The zero-order valence-corrected chi connectivity index (χ0v) is 9.34. The molecule has 0 atom stereocenters. The van der Waals surface area contributed by atoms with Gasteiger partial charge in [0, 0.05) is 17.1 Å². The predicted molar refractivity (Wildman–Crippen MR) is 66.6 cm³/mol.